The molecule has 3 rings (SSSR count). The molecule has 0 aliphatic carbocycles. The highest BCUT2D eigenvalue weighted by molar-refractivity contribution is 9.10. The van der Waals surface area contributed by atoms with Crippen molar-refractivity contribution >= 4 is 32.5 Å². The first-order valence-electron chi connectivity index (χ1n) is 6.72. The third kappa shape index (κ3) is 2.90. The molecule has 1 fully saturated rings. The van der Waals surface area contributed by atoms with Crippen molar-refractivity contribution in [1.82, 2.24) is 9.88 Å². The second-order valence-electron chi connectivity index (χ2n) is 5.24. The Morgan fingerprint density at radius 2 is 2.05 bits per heavy atom. The van der Waals surface area contributed by atoms with Gasteiger partial charge in [-0.1, -0.05) is 15.9 Å². The third-order valence-corrected chi connectivity index (χ3v) is 4.28. The van der Waals surface area contributed by atoms with Crippen molar-refractivity contribution in [1.29, 1.82) is 0 Å². The normalized spacial score (nSPS) is 17.8. The predicted octanol–water partition coefficient (Wildman–Crippen LogP) is 3.50. The van der Waals surface area contributed by atoms with Crippen LogP contribution in [0, 0.1) is 0 Å². The second-order valence-corrected chi connectivity index (χ2v) is 6.16. The molecule has 1 saturated heterocycles. The van der Waals surface area contributed by atoms with Gasteiger partial charge < -0.3 is 10.2 Å². The van der Waals surface area contributed by atoms with Gasteiger partial charge in [-0.2, -0.15) is 0 Å². The molecule has 0 saturated carbocycles. The van der Waals surface area contributed by atoms with Gasteiger partial charge in [-0.05, 0) is 57.2 Å². The minimum absolute atomic E-state index is 0.570. The maximum Gasteiger partial charge on any atom is 0.0723 e. The Hall–Kier alpha value is -1.13. The van der Waals surface area contributed by atoms with E-state index in [-0.39, 0.29) is 0 Å². The molecule has 0 atom stereocenters. The number of pyridine rings is 1. The number of anilines is 1. The van der Waals surface area contributed by atoms with E-state index in [9.17, 15) is 0 Å². The predicted molar refractivity (Wildman–Crippen MR) is 83.6 cm³/mol. The van der Waals surface area contributed by atoms with Crippen LogP contribution < -0.4 is 5.32 Å². The van der Waals surface area contributed by atoms with E-state index in [1.807, 2.05) is 12.3 Å². The van der Waals surface area contributed by atoms with Gasteiger partial charge in [-0.25, -0.2) is 0 Å². The molecule has 1 N–H and O–H groups in total. The Morgan fingerprint density at radius 3 is 2.84 bits per heavy atom. The number of hydrogen-bond donors (Lipinski definition) is 1. The summed E-state index contributed by atoms with van der Waals surface area (Å²) in [5.41, 5.74) is 2.24. The lowest BCUT2D eigenvalue weighted by atomic mass is 10.0. The van der Waals surface area contributed by atoms with Gasteiger partial charge in [0.2, 0.25) is 0 Å². The number of nitrogens with one attached hydrogen (secondary N) is 1. The van der Waals surface area contributed by atoms with Crippen LogP contribution in [-0.4, -0.2) is 36.1 Å². The Labute approximate surface area is 122 Å². The van der Waals surface area contributed by atoms with E-state index in [1.54, 1.807) is 0 Å². The minimum atomic E-state index is 0.570. The molecule has 100 valence electrons. The molecule has 0 radical (unpaired) electrons. The lowest BCUT2D eigenvalue weighted by Gasteiger charge is -2.30. The zero-order valence-electron chi connectivity index (χ0n) is 11.1. The summed E-state index contributed by atoms with van der Waals surface area (Å²) in [4.78, 5) is 6.81. The highest BCUT2D eigenvalue weighted by Gasteiger charge is 2.17. The molecular weight excluding hydrogens is 302 g/mol. The highest BCUT2D eigenvalue weighted by Crippen LogP contribution is 2.26. The van der Waals surface area contributed by atoms with Crippen molar-refractivity contribution < 1.29 is 0 Å². The maximum atomic E-state index is 4.42. The second kappa shape index (κ2) is 5.47. The van der Waals surface area contributed by atoms with Gasteiger partial charge in [0.25, 0.3) is 0 Å². The van der Waals surface area contributed by atoms with Crippen LogP contribution in [0.15, 0.2) is 34.9 Å². The van der Waals surface area contributed by atoms with Gasteiger partial charge >= 0.3 is 0 Å². The molecular formula is C15H18BrN3. The molecule has 1 aromatic heterocycles. The smallest absolute Gasteiger partial charge is 0.0723 e. The van der Waals surface area contributed by atoms with Crippen molar-refractivity contribution in [3.8, 4) is 0 Å². The van der Waals surface area contributed by atoms with E-state index in [0.29, 0.717) is 6.04 Å². The van der Waals surface area contributed by atoms with Gasteiger partial charge in [0.05, 0.1) is 5.52 Å². The van der Waals surface area contributed by atoms with Crippen LogP contribution >= 0.6 is 15.9 Å². The fourth-order valence-electron chi connectivity index (χ4n) is 2.62. The summed E-state index contributed by atoms with van der Waals surface area (Å²) < 4.78 is 1.10. The summed E-state index contributed by atoms with van der Waals surface area (Å²) in [5.74, 6) is 0. The van der Waals surface area contributed by atoms with Crippen LogP contribution in [0.2, 0.25) is 0 Å². The highest BCUT2D eigenvalue weighted by atomic mass is 79.9. The first-order chi connectivity index (χ1) is 9.22. The zero-order chi connectivity index (χ0) is 13.2. The van der Waals surface area contributed by atoms with Crippen LogP contribution in [0.5, 0.6) is 0 Å². The van der Waals surface area contributed by atoms with Crippen LogP contribution in [-0.2, 0) is 0 Å². The molecule has 3 nitrogen and oxygen atoms in total. The Morgan fingerprint density at radius 1 is 1.26 bits per heavy atom. The summed E-state index contributed by atoms with van der Waals surface area (Å²) in [6, 6.07) is 8.88. The Balaban J connectivity index is 1.86. The molecule has 4 heteroatoms. The first kappa shape index (κ1) is 12.9. The molecule has 0 bridgehead atoms. The van der Waals surface area contributed by atoms with Gasteiger partial charge in [-0.3, -0.25) is 4.98 Å². The lowest BCUT2D eigenvalue weighted by molar-refractivity contribution is 0.264. The van der Waals surface area contributed by atoms with Crippen LogP contribution in [0.3, 0.4) is 0 Å². The SMILES string of the molecule is CN1CCC(Nc2ccnc3ccc(Br)cc23)CC1. The Kier molecular flexibility index (Phi) is 3.71. The lowest BCUT2D eigenvalue weighted by Crippen LogP contribution is -2.36. The van der Waals surface area contributed by atoms with E-state index < -0.39 is 0 Å². The number of hydrogen-bond acceptors (Lipinski definition) is 3. The van der Waals surface area contributed by atoms with Crippen molar-refractivity contribution in [2.45, 2.75) is 18.9 Å². The number of piperidine rings is 1. The topological polar surface area (TPSA) is 28.2 Å². The summed E-state index contributed by atoms with van der Waals surface area (Å²) in [6.07, 6.45) is 4.29. The third-order valence-electron chi connectivity index (χ3n) is 3.78. The number of rotatable bonds is 2. The number of aromatic nitrogens is 1. The summed E-state index contributed by atoms with van der Waals surface area (Å²) >= 11 is 3.54. The molecule has 1 aliphatic rings. The van der Waals surface area contributed by atoms with Gasteiger partial charge in [-0.15, -0.1) is 0 Å². The number of likely N-dealkylation sites (tertiary alicyclic amines) is 1. The molecule has 1 aromatic carbocycles. The van der Waals surface area contributed by atoms with Crippen LogP contribution in [0.25, 0.3) is 10.9 Å². The number of benzene rings is 1. The van der Waals surface area contributed by atoms with Crippen molar-refractivity contribution in [2.24, 2.45) is 0 Å². The molecule has 0 spiro atoms. The first-order valence-corrected chi connectivity index (χ1v) is 7.51. The summed E-state index contributed by atoms with van der Waals surface area (Å²) in [5, 5.41) is 4.87. The summed E-state index contributed by atoms with van der Waals surface area (Å²) in [6.45, 7) is 2.34. The molecule has 0 unspecified atom stereocenters. The number of fused-ring (bicyclic) bond motifs is 1. The monoisotopic (exact) mass is 319 g/mol. The maximum absolute atomic E-state index is 4.42. The van der Waals surface area contributed by atoms with Crippen LogP contribution in [0.1, 0.15) is 12.8 Å². The molecule has 0 amide bonds. The van der Waals surface area contributed by atoms with Crippen molar-refractivity contribution in [2.75, 3.05) is 25.5 Å². The average Bonchev–Trinajstić information content (AvgIpc) is 2.42. The van der Waals surface area contributed by atoms with Crippen molar-refractivity contribution in [3.05, 3.63) is 34.9 Å². The summed E-state index contributed by atoms with van der Waals surface area (Å²) in [7, 11) is 2.19. The molecule has 1 aliphatic heterocycles. The number of halogens is 1. The van der Waals surface area contributed by atoms with E-state index in [1.165, 1.54) is 37.0 Å². The largest absolute Gasteiger partial charge is 0.382 e. The van der Waals surface area contributed by atoms with Gasteiger partial charge in [0, 0.05) is 27.8 Å². The fraction of sp³-hybridized carbons (Fsp3) is 0.400. The fourth-order valence-corrected chi connectivity index (χ4v) is 2.98. The van der Waals surface area contributed by atoms with Gasteiger partial charge in [0.15, 0.2) is 0 Å². The standard InChI is InChI=1S/C15H18BrN3/c1-19-8-5-12(6-9-19)18-15-4-7-17-14-3-2-11(16)10-13(14)15/h2-4,7,10,12H,5-6,8-9H2,1H3,(H,17,18). The van der Waals surface area contributed by atoms with E-state index >= 15 is 0 Å². The van der Waals surface area contributed by atoms with Crippen LogP contribution in [0.4, 0.5) is 5.69 Å². The molecule has 2 aromatic rings. The van der Waals surface area contributed by atoms with E-state index in [0.717, 1.165) is 9.99 Å². The van der Waals surface area contributed by atoms with E-state index in [2.05, 4.69) is 56.4 Å². The number of nitrogens with zero attached hydrogens (tertiary/aromatic N) is 2. The quantitative estimate of drug-likeness (QED) is 0.918. The molecule has 2 heterocycles. The van der Waals surface area contributed by atoms with E-state index in [4.69, 9.17) is 0 Å². The minimum Gasteiger partial charge on any atom is -0.382 e. The van der Waals surface area contributed by atoms with Gasteiger partial charge in [0.1, 0.15) is 0 Å². The Bertz CT molecular complexity index is 577. The zero-order valence-corrected chi connectivity index (χ0v) is 12.7. The average molecular weight is 320 g/mol. The van der Waals surface area contributed by atoms with Crippen molar-refractivity contribution in [3.63, 3.8) is 0 Å². The molecule has 19 heavy (non-hydrogen) atoms.